The minimum Gasteiger partial charge on any atom is -0.496 e. The molecule has 1 fully saturated rings. The van der Waals surface area contributed by atoms with Crippen molar-refractivity contribution in [3.8, 4) is 5.75 Å². The molecule has 0 bridgehead atoms. The Morgan fingerprint density at radius 2 is 2.13 bits per heavy atom. The highest BCUT2D eigenvalue weighted by atomic mass is 32.2. The van der Waals surface area contributed by atoms with Gasteiger partial charge in [0.05, 0.1) is 39.5 Å². The zero-order valence-corrected chi connectivity index (χ0v) is 16.3. The zero-order valence-electron chi connectivity index (χ0n) is 18.5. The molecule has 1 amide bonds. The van der Waals surface area contributed by atoms with Gasteiger partial charge in [0.2, 0.25) is 0 Å². The summed E-state index contributed by atoms with van der Waals surface area (Å²) in [6.07, 6.45) is -2.58. The number of amides is 1. The highest BCUT2D eigenvalue weighted by Crippen LogP contribution is 2.28. The normalized spacial score (nSPS) is 18.5. The molecule has 1 N–H and O–H groups in total. The molecule has 0 spiro atoms. The van der Waals surface area contributed by atoms with E-state index in [-0.39, 0.29) is 28.9 Å². The average Bonchev–Trinajstić information content (AvgIpc) is 3.20. The van der Waals surface area contributed by atoms with E-state index in [1.807, 2.05) is 0 Å². The number of hydrogen-bond donors (Lipinski definition) is 1. The molecule has 1 atom stereocenters. The van der Waals surface area contributed by atoms with Crippen molar-refractivity contribution in [2.24, 2.45) is 5.92 Å². The Morgan fingerprint density at radius 1 is 1.33 bits per heavy atom. The lowest BCUT2D eigenvalue weighted by atomic mass is 10.1. The Hall–Kier alpha value is -2.59. The SMILES string of the molecule is [2H]C([2H])([2H])Oc1ccc(S(=O)(=O)C[C@H]2CCOC2)cc1C(=O)Nc1ccc(F)c(C(F)F)c1. The van der Waals surface area contributed by atoms with Crippen molar-refractivity contribution in [3.05, 3.63) is 53.3 Å². The number of rotatable bonds is 7. The van der Waals surface area contributed by atoms with Gasteiger partial charge in [-0.15, -0.1) is 0 Å². The van der Waals surface area contributed by atoms with Gasteiger partial charge in [-0.1, -0.05) is 0 Å². The number of benzene rings is 2. The first-order valence-corrected chi connectivity index (χ1v) is 10.5. The number of ether oxygens (including phenoxy) is 2. The summed E-state index contributed by atoms with van der Waals surface area (Å²) in [5, 5.41) is 2.24. The van der Waals surface area contributed by atoms with Crippen LogP contribution in [0.1, 0.15) is 32.9 Å². The van der Waals surface area contributed by atoms with E-state index in [1.54, 1.807) is 0 Å². The topological polar surface area (TPSA) is 81.7 Å². The van der Waals surface area contributed by atoms with E-state index in [0.717, 1.165) is 36.4 Å². The van der Waals surface area contributed by atoms with Gasteiger partial charge < -0.3 is 14.8 Å². The lowest BCUT2D eigenvalue weighted by molar-refractivity contribution is 0.102. The number of alkyl halides is 2. The molecule has 30 heavy (non-hydrogen) atoms. The Balaban J connectivity index is 1.95. The van der Waals surface area contributed by atoms with Crippen molar-refractivity contribution < 1.29 is 40.0 Å². The van der Waals surface area contributed by atoms with Crippen molar-refractivity contribution in [1.29, 1.82) is 0 Å². The molecule has 3 rings (SSSR count). The van der Waals surface area contributed by atoms with E-state index in [9.17, 15) is 26.4 Å². The van der Waals surface area contributed by atoms with Crippen LogP contribution < -0.4 is 10.1 Å². The molecule has 6 nitrogen and oxygen atoms in total. The fraction of sp³-hybridized carbons (Fsp3) is 0.350. The highest BCUT2D eigenvalue weighted by molar-refractivity contribution is 7.91. The number of carbonyl (C=O) groups excluding carboxylic acids is 1. The van der Waals surface area contributed by atoms with Crippen LogP contribution in [0.2, 0.25) is 0 Å². The monoisotopic (exact) mass is 446 g/mol. The highest BCUT2D eigenvalue weighted by Gasteiger charge is 2.26. The minimum absolute atomic E-state index is 0.201. The van der Waals surface area contributed by atoms with Crippen LogP contribution in [0.15, 0.2) is 41.3 Å². The van der Waals surface area contributed by atoms with Gasteiger partial charge in [-0.05, 0) is 48.7 Å². The lowest BCUT2D eigenvalue weighted by Gasteiger charge is -2.14. The Labute approximate surface area is 176 Å². The molecule has 10 heteroatoms. The van der Waals surface area contributed by atoms with E-state index in [2.05, 4.69) is 5.32 Å². The summed E-state index contributed by atoms with van der Waals surface area (Å²) in [6.45, 7) is 0.724. The molecule has 0 aliphatic carbocycles. The van der Waals surface area contributed by atoms with Crippen LogP contribution in [-0.2, 0) is 14.6 Å². The van der Waals surface area contributed by atoms with Crippen molar-refractivity contribution in [3.63, 3.8) is 0 Å². The van der Waals surface area contributed by atoms with Crippen LogP contribution in [0, 0.1) is 11.7 Å². The van der Waals surface area contributed by atoms with Gasteiger partial charge >= 0.3 is 0 Å². The molecular formula is C20H20F3NO5S. The van der Waals surface area contributed by atoms with E-state index in [4.69, 9.17) is 13.6 Å². The fourth-order valence-corrected chi connectivity index (χ4v) is 4.73. The van der Waals surface area contributed by atoms with Gasteiger partial charge in [-0.3, -0.25) is 4.79 Å². The molecular weight excluding hydrogens is 423 g/mol. The largest absolute Gasteiger partial charge is 0.496 e. The first-order valence-electron chi connectivity index (χ1n) is 10.4. The van der Waals surface area contributed by atoms with E-state index in [1.165, 1.54) is 0 Å². The van der Waals surface area contributed by atoms with Gasteiger partial charge in [-0.25, -0.2) is 21.6 Å². The molecule has 1 heterocycles. The summed E-state index contributed by atoms with van der Waals surface area (Å²) in [6, 6.07) is 5.61. The number of carbonyl (C=O) groups is 1. The second-order valence-corrected chi connectivity index (χ2v) is 8.80. The number of methoxy groups -OCH3 is 1. The first kappa shape index (κ1) is 18.2. The predicted molar refractivity (Wildman–Crippen MR) is 103 cm³/mol. The second kappa shape index (κ2) is 9.05. The van der Waals surface area contributed by atoms with E-state index in [0.29, 0.717) is 13.0 Å². The molecule has 1 aliphatic rings. The molecule has 1 aliphatic heterocycles. The van der Waals surface area contributed by atoms with Crippen LogP contribution in [0.25, 0.3) is 0 Å². The molecule has 0 radical (unpaired) electrons. The summed E-state index contributed by atoms with van der Waals surface area (Å²) >= 11 is 0. The molecule has 1 saturated heterocycles. The van der Waals surface area contributed by atoms with Crippen molar-refractivity contribution in [2.45, 2.75) is 17.7 Å². The van der Waals surface area contributed by atoms with E-state index >= 15 is 0 Å². The molecule has 0 saturated carbocycles. The van der Waals surface area contributed by atoms with E-state index < -0.39 is 51.9 Å². The van der Waals surface area contributed by atoms with Crippen LogP contribution in [0.4, 0.5) is 18.9 Å². The summed E-state index contributed by atoms with van der Waals surface area (Å²) in [5.41, 5.74) is -1.59. The van der Waals surface area contributed by atoms with Crippen molar-refractivity contribution >= 4 is 21.4 Å². The number of halogens is 3. The molecule has 2 aromatic rings. The molecule has 2 aromatic carbocycles. The number of nitrogens with one attached hydrogen (secondary N) is 1. The Morgan fingerprint density at radius 3 is 2.80 bits per heavy atom. The first-order chi connectivity index (χ1) is 15.4. The van der Waals surface area contributed by atoms with Gasteiger partial charge in [0.1, 0.15) is 11.6 Å². The molecule has 162 valence electrons. The quantitative estimate of drug-likeness (QED) is 0.699. The lowest BCUT2D eigenvalue weighted by Crippen LogP contribution is -2.18. The Bertz CT molecular complexity index is 1140. The van der Waals surface area contributed by atoms with Crippen LogP contribution in [0.5, 0.6) is 5.75 Å². The molecule has 0 unspecified atom stereocenters. The standard InChI is InChI=1S/C20H20F3NO5S/c1-28-18-5-3-14(30(26,27)11-12-6-7-29-10-12)9-16(18)20(25)24-13-2-4-17(21)15(8-13)19(22)23/h2-5,8-9,12,19H,6-7,10-11H2,1H3,(H,24,25)/t12-/m0/s1/i1D3. The third kappa shape index (κ3) is 4.93. The number of sulfone groups is 1. The third-order valence-electron chi connectivity index (χ3n) is 4.63. The summed E-state index contributed by atoms with van der Waals surface area (Å²) < 4.78 is 96.9. The van der Waals surface area contributed by atoms with Crippen molar-refractivity contribution in [2.75, 3.05) is 31.3 Å². The second-order valence-electron chi connectivity index (χ2n) is 6.76. The smallest absolute Gasteiger partial charge is 0.266 e. The van der Waals surface area contributed by atoms with Crippen LogP contribution in [0.3, 0.4) is 0 Å². The third-order valence-corrected chi connectivity index (χ3v) is 6.52. The number of anilines is 1. The summed E-state index contributed by atoms with van der Waals surface area (Å²) in [5.74, 6) is -3.09. The van der Waals surface area contributed by atoms with Gasteiger partial charge in [-0.2, -0.15) is 0 Å². The van der Waals surface area contributed by atoms with Crippen molar-refractivity contribution in [1.82, 2.24) is 0 Å². The maximum atomic E-state index is 13.5. The maximum Gasteiger partial charge on any atom is 0.266 e. The summed E-state index contributed by atoms with van der Waals surface area (Å²) in [4.78, 5) is 12.6. The fourth-order valence-electron chi connectivity index (χ4n) is 3.08. The van der Waals surface area contributed by atoms with Gasteiger partial charge in [0.15, 0.2) is 9.84 Å². The van der Waals surface area contributed by atoms with Gasteiger partial charge in [0, 0.05) is 12.3 Å². The van der Waals surface area contributed by atoms with Crippen LogP contribution in [-0.4, -0.2) is 40.3 Å². The van der Waals surface area contributed by atoms with Crippen LogP contribution >= 0.6 is 0 Å². The average molecular weight is 446 g/mol. The van der Waals surface area contributed by atoms with Gasteiger partial charge in [0.25, 0.3) is 12.3 Å². The Kier molecular flexibility index (Phi) is 5.49. The maximum absolute atomic E-state index is 13.5. The molecule has 0 aromatic heterocycles. The summed E-state index contributed by atoms with van der Waals surface area (Å²) in [7, 11) is -6.81. The zero-order chi connectivity index (χ0) is 24.4. The predicted octanol–water partition coefficient (Wildman–Crippen LogP) is 3.83. The number of hydrogen-bond acceptors (Lipinski definition) is 5. The minimum atomic E-state index is -3.86.